The van der Waals surface area contributed by atoms with Crippen LogP contribution in [0.2, 0.25) is 0 Å². The fraction of sp³-hybridized carbons (Fsp3) is 0.481. The highest BCUT2D eigenvalue weighted by molar-refractivity contribution is 5.98. The van der Waals surface area contributed by atoms with Crippen LogP contribution in [0.4, 0.5) is 0 Å². The summed E-state index contributed by atoms with van der Waals surface area (Å²) in [7, 11) is 1.39. The molecule has 0 unspecified atom stereocenters. The second-order valence-electron chi connectivity index (χ2n) is 8.62. The highest BCUT2D eigenvalue weighted by Crippen LogP contribution is 2.29. The Kier molecular flexibility index (Phi) is 11.3. The van der Waals surface area contributed by atoms with Gasteiger partial charge in [-0.25, -0.2) is 9.78 Å². The first-order valence-corrected chi connectivity index (χ1v) is 12.4. The Morgan fingerprint density at radius 3 is 2.71 bits per heavy atom. The summed E-state index contributed by atoms with van der Waals surface area (Å²) in [5.41, 5.74) is 1.08. The molecule has 1 aromatic heterocycles. The number of carbonyl (C=O) groups is 3. The molecule has 1 amide bonds. The van der Waals surface area contributed by atoms with Crippen LogP contribution in [0.15, 0.2) is 42.6 Å². The van der Waals surface area contributed by atoms with Crippen LogP contribution in [0, 0.1) is 0 Å². The first-order valence-electron chi connectivity index (χ1n) is 12.4. The van der Waals surface area contributed by atoms with Gasteiger partial charge in [-0.15, -0.1) is 0 Å². The predicted octanol–water partition coefficient (Wildman–Crippen LogP) is 2.46. The number of methoxy groups -OCH3 is 1. The Balaban J connectivity index is 1.58. The van der Waals surface area contributed by atoms with Crippen molar-refractivity contribution in [2.24, 2.45) is 0 Å². The van der Waals surface area contributed by atoms with Gasteiger partial charge in [0.2, 0.25) is 6.79 Å². The van der Waals surface area contributed by atoms with Crippen molar-refractivity contribution in [2.75, 3.05) is 33.7 Å². The molecular formula is C27H34N2O9. The molecule has 1 aromatic carbocycles. The van der Waals surface area contributed by atoms with Crippen LogP contribution in [0.1, 0.15) is 42.7 Å². The Hall–Kier alpha value is -3.70. The van der Waals surface area contributed by atoms with Crippen LogP contribution in [0.25, 0.3) is 0 Å². The summed E-state index contributed by atoms with van der Waals surface area (Å²) in [6.45, 7) is 3.28. The zero-order chi connectivity index (χ0) is 27.3. The quantitative estimate of drug-likeness (QED) is 0.263. The number of amides is 1. The van der Waals surface area contributed by atoms with Gasteiger partial charge in [0.15, 0.2) is 23.2 Å². The molecule has 2 heterocycles. The van der Waals surface area contributed by atoms with E-state index in [1.165, 1.54) is 31.9 Å². The summed E-state index contributed by atoms with van der Waals surface area (Å²) >= 11 is 0. The Morgan fingerprint density at radius 1 is 1.18 bits per heavy atom. The lowest BCUT2D eigenvalue weighted by molar-refractivity contribution is -0.158. The van der Waals surface area contributed by atoms with Gasteiger partial charge in [0.1, 0.15) is 6.10 Å². The van der Waals surface area contributed by atoms with Crippen LogP contribution < -0.4 is 14.8 Å². The number of nitrogens with zero attached hydrogens (tertiary/aromatic N) is 1. The number of benzene rings is 1. The molecule has 38 heavy (non-hydrogen) atoms. The summed E-state index contributed by atoms with van der Waals surface area (Å²) in [6.07, 6.45) is 2.72. The van der Waals surface area contributed by atoms with E-state index in [4.69, 9.17) is 28.4 Å². The summed E-state index contributed by atoms with van der Waals surface area (Å²) in [5, 5.41) is 2.59. The van der Waals surface area contributed by atoms with Gasteiger partial charge in [-0.1, -0.05) is 30.3 Å². The van der Waals surface area contributed by atoms with E-state index in [9.17, 15) is 14.4 Å². The van der Waals surface area contributed by atoms with Crippen molar-refractivity contribution in [1.29, 1.82) is 0 Å². The molecule has 11 heteroatoms. The molecule has 0 spiro atoms. The zero-order valence-electron chi connectivity index (χ0n) is 21.8. The maximum absolute atomic E-state index is 13.1. The molecule has 11 nitrogen and oxygen atoms in total. The molecule has 1 fully saturated rings. The Labute approximate surface area is 221 Å². The molecule has 1 N–H and O–H groups in total. The second-order valence-corrected chi connectivity index (χ2v) is 8.62. The number of ether oxygens (including phenoxy) is 6. The molecule has 1 saturated heterocycles. The number of pyridine rings is 1. The van der Waals surface area contributed by atoms with E-state index in [0.717, 1.165) is 12.8 Å². The standard InChI is InChI=1S/C27H34N2O9/c1-18-22(35-14-7-10-20-8-5-4-6-9-20)12-15-34-16-21(27(32)38-18)29-26(31)24-25(37-17-36-19(2)30)23(33-3)11-13-28-24/h4-6,8-9,11,13,18,21-22H,7,10,12,14-17H2,1-3H3,(H,29,31)/t18-,21-,22+/m0/s1. The molecule has 0 aliphatic carbocycles. The first kappa shape index (κ1) is 28.9. The van der Waals surface area contributed by atoms with Crippen molar-refractivity contribution in [2.45, 2.75) is 51.4 Å². The molecule has 2 aromatic rings. The smallest absolute Gasteiger partial charge is 0.331 e. The fourth-order valence-electron chi connectivity index (χ4n) is 3.81. The van der Waals surface area contributed by atoms with Crippen LogP contribution in [0.5, 0.6) is 11.5 Å². The number of cyclic esters (lactones) is 1. The summed E-state index contributed by atoms with van der Waals surface area (Å²) < 4.78 is 32.7. The van der Waals surface area contributed by atoms with E-state index < -0.39 is 36.8 Å². The number of rotatable bonds is 11. The number of aryl methyl sites for hydroxylation is 1. The van der Waals surface area contributed by atoms with Gasteiger partial charge < -0.3 is 33.7 Å². The maximum atomic E-state index is 13.1. The highest BCUT2D eigenvalue weighted by atomic mass is 16.7. The minimum atomic E-state index is -1.09. The number of esters is 2. The van der Waals surface area contributed by atoms with E-state index >= 15 is 0 Å². The maximum Gasteiger partial charge on any atom is 0.331 e. The van der Waals surface area contributed by atoms with Crippen molar-refractivity contribution in [1.82, 2.24) is 10.3 Å². The van der Waals surface area contributed by atoms with Gasteiger partial charge in [-0.05, 0) is 25.3 Å². The molecular weight excluding hydrogens is 496 g/mol. The molecule has 3 rings (SSSR count). The van der Waals surface area contributed by atoms with Crippen molar-refractivity contribution in [3.8, 4) is 11.5 Å². The summed E-state index contributed by atoms with van der Waals surface area (Å²) in [4.78, 5) is 41.1. The molecule has 206 valence electrons. The van der Waals surface area contributed by atoms with Crippen molar-refractivity contribution in [3.05, 3.63) is 53.9 Å². The topological polar surface area (TPSA) is 132 Å². The largest absolute Gasteiger partial charge is 0.493 e. The molecule has 0 bridgehead atoms. The van der Waals surface area contributed by atoms with E-state index in [1.807, 2.05) is 18.2 Å². The van der Waals surface area contributed by atoms with Crippen LogP contribution in [-0.4, -0.2) is 74.8 Å². The van der Waals surface area contributed by atoms with E-state index in [1.54, 1.807) is 6.92 Å². The Morgan fingerprint density at radius 2 is 1.97 bits per heavy atom. The number of carbonyl (C=O) groups excluding carboxylic acids is 3. The highest BCUT2D eigenvalue weighted by Gasteiger charge is 2.31. The molecule has 0 saturated carbocycles. The van der Waals surface area contributed by atoms with E-state index in [0.29, 0.717) is 19.6 Å². The molecule has 1 aliphatic heterocycles. The Bertz CT molecular complexity index is 1060. The van der Waals surface area contributed by atoms with Gasteiger partial charge in [0, 0.05) is 38.8 Å². The van der Waals surface area contributed by atoms with E-state index in [-0.39, 0.29) is 29.9 Å². The third-order valence-corrected chi connectivity index (χ3v) is 5.80. The van der Waals surface area contributed by atoms with Crippen molar-refractivity contribution < 1.29 is 42.8 Å². The van der Waals surface area contributed by atoms with Gasteiger partial charge >= 0.3 is 11.9 Å². The minimum absolute atomic E-state index is 0.0385. The minimum Gasteiger partial charge on any atom is -0.493 e. The van der Waals surface area contributed by atoms with Crippen LogP contribution in [-0.2, 0) is 35.0 Å². The molecule has 3 atom stereocenters. The SMILES string of the molecule is COc1ccnc(C(=O)N[C@H]2COCC[C@@H](OCCCc3ccccc3)[C@H](C)OC2=O)c1OCOC(C)=O. The zero-order valence-corrected chi connectivity index (χ0v) is 21.8. The lowest BCUT2D eigenvalue weighted by Gasteiger charge is -2.24. The average Bonchev–Trinajstić information content (AvgIpc) is 2.97. The number of hydrogen-bond donors (Lipinski definition) is 1. The van der Waals surface area contributed by atoms with E-state index in [2.05, 4.69) is 22.4 Å². The second kappa shape index (κ2) is 14.9. The fourth-order valence-corrected chi connectivity index (χ4v) is 3.81. The van der Waals surface area contributed by atoms with Crippen molar-refractivity contribution in [3.63, 3.8) is 0 Å². The number of aromatic nitrogens is 1. The first-order chi connectivity index (χ1) is 18.4. The van der Waals surface area contributed by atoms with Gasteiger partial charge in [-0.3, -0.25) is 9.59 Å². The lowest BCUT2D eigenvalue weighted by Crippen LogP contribution is -2.46. The van der Waals surface area contributed by atoms with Crippen LogP contribution >= 0.6 is 0 Å². The normalized spacial score (nSPS) is 19.8. The average molecular weight is 531 g/mol. The third-order valence-electron chi connectivity index (χ3n) is 5.80. The molecule has 1 aliphatic rings. The predicted molar refractivity (Wildman–Crippen MR) is 135 cm³/mol. The third kappa shape index (κ3) is 8.70. The van der Waals surface area contributed by atoms with Gasteiger partial charge in [0.25, 0.3) is 5.91 Å². The number of nitrogens with one attached hydrogen (secondary N) is 1. The summed E-state index contributed by atoms with van der Waals surface area (Å²) in [5.74, 6) is -1.77. The van der Waals surface area contributed by atoms with Gasteiger partial charge in [0.05, 0.1) is 19.8 Å². The van der Waals surface area contributed by atoms with Crippen LogP contribution in [0.3, 0.4) is 0 Å². The van der Waals surface area contributed by atoms with Gasteiger partial charge in [-0.2, -0.15) is 0 Å². The monoisotopic (exact) mass is 530 g/mol. The number of hydrogen-bond acceptors (Lipinski definition) is 10. The molecule has 0 radical (unpaired) electrons. The van der Waals surface area contributed by atoms with Crippen molar-refractivity contribution >= 4 is 17.8 Å². The summed E-state index contributed by atoms with van der Waals surface area (Å²) in [6, 6.07) is 10.5. The lowest BCUT2D eigenvalue weighted by atomic mass is 10.1.